The van der Waals surface area contributed by atoms with Crippen molar-refractivity contribution in [1.82, 2.24) is 0 Å². The number of ether oxygens (including phenoxy) is 2. The van der Waals surface area contributed by atoms with Crippen molar-refractivity contribution in [3.8, 4) is 5.75 Å². The van der Waals surface area contributed by atoms with Gasteiger partial charge < -0.3 is 20.5 Å². The fourth-order valence-corrected chi connectivity index (χ4v) is 2.91. The molecule has 1 aliphatic rings. The van der Waals surface area contributed by atoms with E-state index in [1.165, 1.54) is 0 Å². The average Bonchev–Trinajstić information content (AvgIpc) is 2.48. The molecule has 1 aliphatic heterocycles. The predicted molar refractivity (Wildman–Crippen MR) is 82.3 cm³/mol. The molecule has 0 bridgehead atoms. The van der Waals surface area contributed by atoms with E-state index < -0.39 is 0 Å². The summed E-state index contributed by atoms with van der Waals surface area (Å²) < 4.78 is 11.3. The molecule has 1 fully saturated rings. The summed E-state index contributed by atoms with van der Waals surface area (Å²) in [4.78, 5) is 0. The van der Waals surface area contributed by atoms with Gasteiger partial charge in [-0.05, 0) is 31.4 Å². The topological polar surface area (TPSA) is 56.5 Å². The first kappa shape index (κ1) is 15.1. The number of anilines is 1. The molecular formula is C16H26N2O2. The highest BCUT2D eigenvalue weighted by Crippen LogP contribution is 2.33. The van der Waals surface area contributed by atoms with Gasteiger partial charge in [0, 0.05) is 13.2 Å². The fourth-order valence-electron chi connectivity index (χ4n) is 2.91. The van der Waals surface area contributed by atoms with E-state index in [0.717, 1.165) is 43.7 Å². The van der Waals surface area contributed by atoms with Crippen LogP contribution >= 0.6 is 0 Å². The van der Waals surface area contributed by atoms with Crippen LogP contribution in [0.1, 0.15) is 32.6 Å². The number of para-hydroxylation sites is 2. The van der Waals surface area contributed by atoms with Crippen LogP contribution in [-0.2, 0) is 4.74 Å². The van der Waals surface area contributed by atoms with E-state index in [9.17, 15) is 0 Å². The Kier molecular flexibility index (Phi) is 5.26. The van der Waals surface area contributed by atoms with Gasteiger partial charge >= 0.3 is 0 Å². The lowest BCUT2D eigenvalue weighted by Gasteiger charge is -2.41. The molecule has 4 heteroatoms. The molecule has 1 aromatic carbocycles. The number of benzene rings is 1. The van der Waals surface area contributed by atoms with Crippen molar-refractivity contribution < 1.29 is 9.47 Å². The second-order valence-corrected chi connectivity index (χ2v) is 5.55. The Morgan fingerprint density at radius 3 is 2.95 bits per heavy atom. The first-order chi connectivity index (χ1) is 9.73. The third kappa shape index (κ3) is 3.44. The third-order valence-corrected chi connectivity index (χ3v) is 4.06. The minimum atomic E-state index is -0.0906. The van der Waals surface area contributed by atoms with E-state index in [-0.39, 0.29) is 5.54 Å². The number of methoxy groups -OCH3 is 1. The summed E-state index contributed by atoms with van der Waals surface area (Å²) in [5.41, 5.74) is 7.00. The van der Waals surface area contributed by atoms with E-state index in [4.69, 9.17) is 15.2 Å². The molecule has 0 amide bonds. The molecule has 1 heterocycles. The van der Waals surface area contributed by atoms with Gasteiger partial charge in [-0.2, -0.15) is 0 Å². The number of hydrogen-bond donors (Lipinski definition) is 2. The van der Waals surface area contributed by atoms with Crippen LogP contribution < -0.4 is 15.8 Å². The molecule has 2 rings (SSSR count). The van der Waals surface area contributed by atoms with E-state index in [1.807, 2.05) is 24.3 Å². The van der Waals surface area contributed by atoms with Gasteiger partial charge in [-0.3, -0.25) is 0 Å². The lowest BCUT2D eigenvalue weighted by Crippen LogP contribution is -2.52. The SMILES string of the molecule is CCCC1CC(CN)(Nc2ccccc2OC)CCO1. The van der Waals surface area contributed by atoms with Crippen LogP contribution in [0, 0.1) is 0 Å². The monoisotopic (exact) mass is 278 g/mol. The zero-order chi connectivity index (χ0) is 14.4. The van der Waals surface area contributed by atoms with Gasteiger partial charge in [0.2, 0.25) is 0 Å². The van der Waals surface area contributed by atoms with Crippen molar-refractivity contribution in [1.29, 1.82) is 0 Å². The van der Waals surface area contributed by atoms with E-state index in [2.05, 4.69) is 12.2 Å². The molecule has 3 N–H and O–H groups in total. The third-order valence-electron chi connectivity index (χ3n) is 4.06. The van der Waals surface area contributed by atoms with E-state index >= 15 is 0 Å². The van der Waals surface area contributed by atoms with Crippen molar-refractivity contribution in [2.75, 3.05) is 25.6 Å². The molecule has 112 valence electrons. The summed E-state index contributed by atoms with van der Waals surface area (Å²) in [5.74, 6) is 0.860. The molecule has 1 saturated heterocycles. The maximum absolute atomic E-state index is 6.08. The molecule has 0 saturated carbocycles. The Labute approximate surface area is 121 Å². The smallest absolute Gasteiger partial charge is 0.141 e. The highest BCUT2D eigenvalue weighted by atomic mass is 16.5. The van der Waals surface area contributed by atoms with Crippen molar-refractivity contribution in [2.24, 2.45) is 5.73 Å². The second-order valence-electron chi connectivity index (χ2n) is 5.55. The molecule has 2 unspecified atom stereocenters. The van der Waals surface area contributed by atoms with Crippen LogP contribution in [0.15, 0.2) is 24.3 Å². The Bertz CT molecular complexity index is 423. The van der Waals surface area contributed by atoms with Crippen molar-refractivity contribution in [2.45, 2.75) is 44.2 Å². The highest BCUT2D eigenvalue weighted by Gasteiger charge is 2.36. The van der Waals surface area contributed by atoms with Crippen LogP contribution in [0.4, 0.5) is 5.69 Å². The molecule has 0 aromatic heterocycles. The molecule has 2 atom stereocenters. The standard InChI is InChI=1S/C16H26N2O2/c1-3-6-13-11-16(12-17,9-10-20-13)18-14-7-4-5-8-15(14)19-2/h4-5,7-8,13,18H,3,6,9-12,17H2,1-2H3. The number of nitrogens with one attached hydrogen (secondary N) is 1. The normalized spacial score (nSPS) is 26.2. The molecule has 0 aliphatic carbocycles. The number of rotatable bonds is 6. The highest BCUT2D eigenvalue weighted by molar-refractivity contribution is 5.57. The van der Waals surface area contributed by atoms with Gasteiger partial charge in [0.15, 0.2) is 0 Å². The lowest BCUT2D eigenvalue weighted by atomic mass is 9.85. The van der Waals surface area contributed by atoms with E-state index in [1.54, 1.807) is 7.11 Å². The predicted octanol–water partition coefficient (Wildman–Crippen LogP) is 2.78. The minimum Gasteiger partial charge on any atom is -0.495 e. The Morgan fingerprint density at radius 1 is 1.45 bits per heavy atom. The van der Waals surface area contributed by atoms with Crippen molar-refractivity contribution in [3.63, 3.8) is 0 Å². The summed E-state index contributed by atoms with van der Waals surface area (Å²) in [6, 6.07) is 8.00. The maximum atomic E-state index is 6.08. The summed E-state index contributed by atoms with van der Waals surface area (Å²) in [5, 5.41) is 3.62. The summed E-state index contributed by atoms with van der Waals surface area (Å²) in [7, 11) is 1.69. The van der Waals surface area contributed by atoms with Crippen LogP contribution in [0.2, 0.25) is 0 Å². The minimum absolute atomic E-state index is 0.0906. The Balaban J connectivity index is 2.14. The molecular weight excluding hydrogens is 252 g/mol. The quantitative estimate of drug-likeness (QED) is 0.840. The van der Waals surface area contributed by atoms with Crippen LogP contribution in [0.3, 0.4) is 0 Å². The average molecular weight is 278 g/mol. The molecule has 20 heavy (non-hydrogen) atoms. The van der Waals surface area contributed by atoms with Gasteiger partial charge in [-0.1, -0.05) is 25.5 Å². The number of hydrogen-bond acceptors (Lipinski definition) is 4. The lowest BCUT2D eigenvalue weighted by molar-refractivity contribution is -0.0155. The summed E-state index contributed by atoms with van der Waals surface area (Å²) >= 11 is 0. The van der Waals surface area contributed by atoms with Gasteiger partial charge in [-0.15, -0.1) is 0 Å². The Hall–Kier alpha value is -1.26. The van der Waals surface area contributed by atoms with Gasteiger partial charge in [0.05, 0.1) is 24.4 Å². The first-order valence-electron chi connectivity index (χ1n) is 7.46. The van der Waals surface area contributed by atoms with Crippen molar-refractivity contribution in [3.05, 3.63) is 24.3 Å². The molecule has 1 aromatic rings. The van der Waals surface area contributed by atoms with Crippen molar-refractivity contribution >= 4 is 5.69 Å². The molecule has 0 spiro atoms. The zero-order valence-electron chi connectivity index (χ0n) is 12.5. The van der Waals surface area contributed by atoms with Crippen LogP contribution in [0.25, 0.3) is 0 Å². The maximum Gasteiger partial charge on any atom is 0.141 e. The fraction of sp³-hybridized carbons (Fsp3) is 0.625. The van der Waals surface area contributed by atoms with Crippen LogP contribution in [-0.4, -0.2) is 31.9 Å². The van der Waals surface area contributed by atoms with Gasteiger partial charge in [0.25, 0.3) is 0 Å². The zero-order valence-corrected chi connectivity index (χ0v) is 12.5. The first-order valence-corrected chi connectivity index (χ1v) is 7.46. The number of nitrogens with two attached hydrogens (primary N) is 1. The van der Waals surface area contributed by atoms with Gasteiger partial charge in [0.1, 0.15) is 5.75 Å². The molecule has 0 radical (unpaired) electrons. The second kappa shape index (κ2) is 6.95. The van der Waals surface area contributed by atoms with Gasteiger partial charge in [-0.25, -0.2) is 0 Å². The largest absolute Gasteiger partial charge is 0.495 e. The summed E-state index contributed by atoms with van der Waals surface area (Å²) in [6.45, 7) is 3.56. The van der Waals surface area contributed by atoms with Crippen LogP contribution in [0.5, 0.6) is 5.75 Å². The Morgan fingerprint density at radius 2 is 2.25 bits per heavy atom. The summed E-state index contributed by atoms with van der Waals surface area (Å²) in [6.07, 6.45) is 4.42. The van der Waals surface area contributed by atoms with E-state index in [0.29, 0.717) is 12.6 Å². The molecule has 4 nitrogen and oxygen atoms in total.